The smallest absolute Gasteiger partial charge is 0.320 e. The topological polar surface area (TPSA) is 88.2 Å². The molecule has 2 heterocycles. The van der Waals surface area contributed by atoms with E-state index in [1.807, 2.05) is 6.92 Å². The molecule has 2 rings (SSSR count). The Labute approximate surface area is 116 Å². The molecule has 0 bridgehead atoms. The van der Waals surface area contributed by atoms with Gasteiger partial charge in [-0.05, 0) is 19.8 Å². The van der Waals surface area contributed by atoms with E-state index in [1.54, 1.807) is 12.4 Å². The molecule has 8 heteroatoms. The molecule has 0 radical (unpaired) electrons. The second-order valence-corrected chi connectivity index (χ2v) is 7.88. The molecule has 2 amide bonds. The second-order valence-electron chi connectivity index (χ2n) is 4.55. The summed E-state index contributed by atoms with van der Waals surface area (Å²) in [7, 11) is -3.05. The highest BCUT2D eigenvalue weighted by atomic mass is 32.2. The number of urea groups is 1. The number of amides is 2. The maximum Gasteiger partial charge on any atom is 0.320 e. The zero-order valence-electron chi connectivity index (χ0n) is 10.8. The van der Waals surface area contributed by atoms with Gasteiger partial charge in [0.1, 0.15) is 5.00 Å². The normalized spacial score (nSPS) is 25.2. The molecule has 19 heavy (non-hydrogen) atoms. The van der Waals surface area contributed by atoms with Gasteiger partial charge in [0.2, 0.25) is 0 Å². The van der Waals surface area contributed by atoms with Gasteiger partial charge in [0.05, 0.1) is 22.2 Å². The summed E-state index contributed by atoms with van der Waals surface area (Å²) in [5.74, 6) is 0.139. The molecule has 1 aliphatic rings. The van der Waals surface area contributed by atoms with E-state index < -0.39 is 15.1 Å². The van der Waals surface area contributed by atoms with Gasteiger partial charge in [-0.3, -0.25) is 5.32 Å². The minimum atomic E-state index is -3.05. The third-order valence-electron chi connectivity index (χ3n) is 3.37. The fraction of sp³-hybridized carbons (Fsp3) is 0.636. The molecule has 106 valence electrons. The van der Waals surface area contributed by atoms with Crippen LogP contribution in [0.5, 0.6) is 0 Å². The number of nitrogens with one attached hydrogen (secondary N) is 2. The van der Waals surface area contributed by atoms with Gasteiger partial charge in [0.25, 0.3) is 0 Å². The van der Waals surface area contributed by atoms with Gasteiger partial charge < -0.3 is 5.32 Å². The molecule has 1 aliphatic heterocycles. The first kappa shape index (κ1) is 14.3. The number of rotatable bonds is 3. The van der Waals surface area contributed by atoms with Crippen molar-refractivity contribution in [2.24, 2.45) is 0 Å². The maximum absolute atomic E-state index is 11.9. The summed E-state index contributed by atoms with van der Waals surface area (Å²) in [5, 5.41) is 5.64. The number of sulfone groups is 1. The summed E-state index contributed by atoms with van der Waals surface area (Å²) >= 11 is 1.36. The van der Waals surface area contributed by atoms with Crippen molar-refractivity contribution in [3.63, 3.8) is 0 Å². The minimum Gasteiger partial charge on any atom is -0.334 e. The lowest BCUT2D eigenvalue weighted by atomic mass is 10.2. The zero-order chi connectivity index (χ0) is 14.0. The van der Waals surface area contributed by atoms with Crippen molar-refractivity contribution < 1.29 is 13.2 Å². The summed E-state index contributed by atoms with van der Waals surface area (Å²) in [4.78, 5) is 16.0. The Hall–Kier alpha value is -1.15. The molecule has 1 aromatic rings. The lowest BCUT2D eigenvalue weighted by molar-refractivity contribution is 0.248. The number of carbonyl (C=O) groups is 1. The Bertz CT molecular complexity index is 567. The van der Waals surface area contributed by atoms with Crippen molar-refractivity contribution in [1.82, 2.24) is 10.3 Å². The molecule has 6 nitrogen and oxygen atoms in total. The largest absolute Gasteiger partial charge is 0.334 e. The Morgan fingerprint density at radius 3 is 2.89 bits per heavy atom. The SMILES string of the molecule is CCc1ncsc1NC(=O)N[C@H]1CCS(=O)(=O)[C@H]1C. The minimum absolute atomic E-state index is 0.139. The van der Waals surface area contributed by atoms with E-state index in [-0.39, 0.29) is 17.8 Å². The number of aryl methyl sites for hydroxylation is 1. The molecular weight excluding hydrogens is 286 g/mol. The summed E-state index contributed by atoms with van der Waals surface area (Å²) < 4.78 is 23.2. The van der Waals surface area contributed by atoms with Crippen molar-refractivity contribution in [2.45, 2.75) is 38.0 Å². The van der Waals surface area contributed by atoms with Crippen LogP contribution < -0.4 is 10.6 Å². The number of hydrogen-bond donors (Lipinski definition) is 2. The van der Waals surface area contributed by atoms with Crippen LogP contribution in [0.3, 0.4) is 0 Å². The van der Waals surface area contributed by atoms with Crippen LogP contribution in [0.1, 0.15) is 26.0 Å². The standard InChI is InChI=1S/C11H17N3O3S2/c1-3-8-10(18-6-12-8)14-11(15)13-9-4-5-19(16,17)7(9)2/h6-7,9H,3-5H2,1-2H3,(H2,13,14,15)/t7-,9-/m0/s1. The third kappa shape index (κ3) is 3.06. The summed E-state index contributed by atoms with van der Waals surface area (Å²) in [5.41, 5.74) is 2.52. The predicted octanol–water partition coefficient (Wildman–Crippen LogP) is 1.40. The first-order chi connectivity index (χ1) is 8.94. The van der Waals surface area contributed by atoms with E-state index in [0.29, 0.717) is 11.4 Å². The van der Waals surface area contributed by atoms with Gasteiger partial charge in [-0.25, -0.2) is 18.2 Å². The molecule has 0 unspecified atom stereocenters. The van der Waals surface area contributed by atoms with Gasteiger partial charge in [-0.15, -0.1) is 11.3 Å². The van der Waals surface area contributed by atoms with Crippen molar-refractivity contribution in [3.05, 3.63) is 11.2 Å². The molecule has 0 aromatic carbocycles. The first-order valence-corrected chi connectivity index (χ1v) is 8.75. The Morgan fingerprint density at radius 2 is 2.32 bits per heavy atom. The van der Waals surface area contributed by atoms with E-state index >= 15 is 0 Å². The quantitative estimate of drug-likeness (QED) is 0.883. The van der Waals surface area contributed by atoms with Crippen LogP contribution in [-0.4, -0.2) is 36.5 Å². The lowest BCUT2D eigenvalue weighted by Crippen LogP contribution is -2.42. The molecular formula is C11H17N3O3S2. The Morgan fingerprint density at radius 1 is 1.58 bits per heavy atom. The lowest BCUT2D eigenvalue weighted by Gasteiger charge is -2.16. The third-order valence-corrected chi connectivity index (χ3v) is 6.42. The van der Waals surface area contributed by atoms with Gasteiger partial charge in [-0.2, -0.15) is 0 Å². The predicted molar refractivity (Wildman–Crippen MR) is 75.3 cm³/mol. The number of nitrogens with zero attached hydrogens (tertiary/aromatic N) is 1. The van der Waals surface area contributed by atoms with Crippen molar-refractivity contribution in [2.75, 3.05) is 11.1 Å². The van der Waals surface area contributed by atoms with Crippen LogP contribution in [0.2, 0.25) is 0 Å². The first-order valence-electron chi connectivity index (χ1n) is 6.15. The number of carbonyl (C=O) groups excluding carboxylic acids is 1. The van der Waals surface area contributed by atoms with Gasteiger partial charge in [-0.1, -0.05) is 6.92 Å². The molecule has 0 saturated carbocycles. The molecule has 1 aromatic heterocycles. The zero-order valence-corrected chi connectivity index (χ0v) is 12.5. The molecule has 1 fully saturated rings. The summed E-state index contributed by atoms with van der Waals surface area (Å²) in [6.45, 7) is 3.60. The highest BCUT2D eigenvalue weighted by molar-refractivity contribution is 7.92. The fourth-order valence-electron chi connectivity index (χ4n) is 2.08. The van der Waals surface area contributed by atoms with E-state index in [0.717, 1.165) is 12.1 Å². The van der Waals surface area contributed by atoms with Gasteiger partial charge >= 0.3 is 6.03 Å². The van der Waals surface area contributed by atoms with Gasteiger partial charge in [0.15, 0.2) is 9.84 Å². The van der Waals surface area contributed by atoms with Crippen molar-refractivity contribution in [1.29, 1.82) is 0 Å². The maximum atomic E-state index is 11.9. The van der Waals surface area contributed by atoms with E-state index in [2.05, 4.69) is 15.6 Å². The van der Waals surface area contributed by atoms with Crippen molar-refractivity contribution >= 4 is 32.2 Å². The average Bonchev–Trinajstić information content (AvgIpc) is 2.89. The highest BCUT2D eigenvalue weighted by Gasteiger charge is 2.37. The van der Waals surface area contributed by atoms with E-state index in [1.165, 1.54) is 11.3 Å². The van der Waals surface area contributed by atoms with Crippen LogP contribution in [-0.2, 0) is 16.3 Å². The monoisotopic (exact) mass is 303 g/mol. The fourth-order valence-corrected chi connectivity index (χ4v) is 4.51. The van der Waals surface area contributed by atoms with Gasteiger partial charge in [0, 0.05) is 6.04 Å². The van der Waals surface area contributed by atoms with Crippen LogP contribution in [0.4, 0.5) is 9.80 Å². The Balaban J connectivity index is 1.96. The summed E-state index contributed by atoms with van der Waals surface area (Å²) in [6.07, 6.45) is 1.22. The van der Waals surface area contributed by atoms with Crippen LogP contribution in [0.25, 0.3) is 0 Å². The molecule has 2 atom stereocenters. The highest BCUT2D eigenvalue weighted by Crippen LogP contribution is 2.22. The molecule has 2 N–H and O–H groups in total. The van der Waals surface area contributed by atoms with Crippen LogP contribution in [0.15, 0.2) is 5.51 Å². The molecule has 0 spiro atoms. The van der Waals surface area contributed by atoms with E-state index in [9.17, 15) is 13.2 Å². The number of anilines is 1. The number of hydrogen-bond acceptors (Lipinski definition) is 5. The van der Waals surface area contributed by atoms with Crippen LogP contribution >= 0.6 is 11.3 Å². The number of aromatic nitrogens is 1. The molecule has 1 saturated heterocycles. The average molecular weight is 303 g/mol. The molecule has 0 aliphatic carbocycles. The van der Waals surface area contributed by atoms with Crippen LogP contribution in [0, 0.1) is 0 Å². The number of thiazole rings is 1. The van der Waals surface area contributed by atoms with E-state index in [4.69, 9.17) is 0 Å². The Kier molecular flexibility index (Phi) is 4.10. The van der Waals surface area contributed by atoms with Crippen molar-refractivity contribution in [3.8, 4) is 0 Å². The summed E-state index contributed by atoms with van der Waals surface area (Å²) in [6, 6.07) is -0.684. The second kappa shape index (κ2) is 5.46.